The van der Waals surface area contributed by atoms with Gasteiger partial charge >= 0.3 is 5.97 Å². The highest BCUT2D eigenvalue weighted by molar-refractivity contribution is 5.90. The smallest absolute Gasteiger partial charge is 0.325 e. The van der Waals surface area contributed by atoms with Crippen LogP contribution in [0.2, 0.25) is 0 Å². The standard InChI is InChI=1S/C14H15FN2O3/c1-2-20-14(19)8-17-13(18)5-9-7-16-12-6-10(15)3-4-11(9)12/h3-4,6-7,16H,2,5,8H2,1H3,(H,17,18). The van der Waals surface area contributed by atoms with Crippen LogP contribution in [0.15, 0.2) is 24.4 Å². The van der Waals surface area contributed by atoms with Crippen LogP contribution >= 0.6 is 0 Å². The summed E-state index contributed by atoms with van der Waals surface area (Å²) in [5.41, 5.74) is 1.39. The van der Waals surface area contributed by atoms with Crippen molar-refractivity contribution in [1.29, 1.82) is 0 Å². The topological polar surface area (TPSA) is 71.2 Å². The number of rotatable bonds is 5. The van der Waals surface area contributed by atoms with Gasteiger partial charge in [0.1, 0.15) is 12.4 Å². The number of H-pyrrole nitrogens is 1. The zero-order valence-corrected chi connectivity index (χ0v) is 11.0. The molecule has 5 nitrogen and oxygen atoms in total. The quantitative estimate of drug-likeness (QED) is 0.815. The van der Waals surface area contributed by atoms with Crippen LogP contribution in [0.1, 0.15) is 12.5 Å². The molecule has 1 aromatic heterocycles. The molecule has 0 saturated heterocycles. The van der Waals surface area contributed by atoms with Gasteiger partial charge in [-0.2, -0.15) is 0 Å². The summed E-state index contributed by atoms with van der Waals surface area (Å²) in [6.45, 7) is 1.83. The summed E-state index contributed by atoms with van der Waals surface area (Å²) >= 11 is 0. The first-order chi connectivity index (χ1) is 9.60. The Balaban J connectivity index is 1.98. The van der Waals surface area contributed by atoms with Gasteiger partial charge in [-0.1, -0.05) is 0 Å². The van der Waals surface area contributed by atoms with Gasteiger partial charge in [0.2, 0.25) is 5.91 Å². The molecule has 0 spiro atoms. The summed E-state index contributed by atoms with van der Waals surface area (Å²) in [4.78, 5) is 25.7. The van der Waals surface area contributed by atoms with Gasteiger partial charge < -0.3 is 15.0 Å². The van der Waals surface area contributed by atoms with Crippen molar-refractivity contribution in [2.45, 2.75) is 13.3 Å². The molecule has 1 aromatic carbocycles. The molecule has 0 aliphatic heterocycles. The molecule has 1 amide bonds. The molecule has 6 heteroatoms. The van der Waals surface area contributed by atoms with Gasteiger partial charge in [0.15, 0.2) is 0 Å². The summed E-state index contributed by atoms with van der Waals surface area (Å²) in [5.74, 6) is -1.09. The molecule has 0 bridgehead atoms. The van der Waals surface area contributed by atoms with Crippen LogP contribution in [0, 0.1) is 5.82 Å². The van der Waals surface area contributed by atoms with Gasteiger partial charge in [0, 0.05) is 17.1 Å². The Labute approximate surface area is 115 Å². The second kappa shape index (κ2) is 6.18. The van der Waals surface area contributed by atoms with Crippen molar-refractivity contribution >= 4 is 22.8 Å². The fourth-order valence-electron chi connectivity index (χ4n) is 1.92. The van der Waals surface area contributed by atoms with Crippen LogP contribution in [0.3, 0.4) is 0 Å². The SMILES string of the molecule is CCOC(=O)CNC(=O)Cc1c[nH]c2cc(F)ccc12. The monoisotopic (exact) mass is 278 g/mol. The lowest BCUT2D eigenvalue weighted by Gasteiger charge is -2.04. The van der Waals surface area contributed by atoms with E-state index in [-0.39, 0.29) is 31.3 Å². The maximum absolute atomic E-state index is 13.0. The lowest BCUT2D eigenvalue weighted by atomic mass is 10.1. The number of aromatic nitrogens is 1. The third-order valence-corrected chi connectivity index (χ3v) is 2.82. The number of benzene rings is 1. The maximum atomic E-state index is 13.0. The van der Waals surface area contributed by atoms with Gasteiger partial charge in [-0.3, -0.25) is 9.59 Å². The van der Waals surface area contributed by atoms with Crippen molar-refractivity contribution in [3.05, 3.63) is 35.8 Å². The molecular formula is C14H15FN2O3. The number of halogens is 1. The fraction of sp³-hybridized carbons (Fsp3) is 0.286. The van der Waals surface area contributed by atoms with E-state index in [1.807, 2.05) is 0 Å². The Kier molecular flexibility index (Phi) is 4.34. The van der Waals surface area contributed by atoms with Crippen LogP contribution in [-0.2, 0) is 20.7 Å². The minimum Gasteiger partial charge on any atom is -0.465 e. The molecule has 1 heterocycles. The van der Waals surface area contributed by atoms with Crippen molar-refractivity contribution in [1.82, 2.24) is 10.3 Å². The second-order valence-electron chi connectivity index (χ2n) is 4.26. The predicted molar refractivity (Wildman–Crippen MR) is 71.6 cm³/mol. The van der Waals surface area contributed by atoms with Crippen LogP contribution in [0.5, 0.6) is 0 Å². The minimum absolute atomic E-state index is 0.116. The molecule has 2 aromatic rings. The largest absolute Gasteiger partial charge is 0.465 e. The van der Waals surface area contributed by atoms with Gasteiger partial charge in [0.25, 0.3) is 0 Å². The summed E-state index contributed by atoms with van der Waals surface area (Å²) in [6.07, 6.45) is 1.78. The van der Waals surface area contributed by atoms with Crippen LogP contribution in [0.4, 0.5) is 4.39 Å². The zero-order valence-electron chi connectivity index (χ0n) is 11.0. The van der Waals surface area contributed by atoms with Crippen molar-refractivity contribution in [2.75, 3.05) is 13.2 Å². The Bertz CT molecular complexity index is 636. The molecule has 0 saturated carbocycles. The average Bonchev–Trinajstić information content (AvgIpc) is 2.79. The first-order valence-corrected chi connectivity index (χ1v) is 6.28. The van der Waals surface area contributed by atoms with E-state index in [1.54, 1.807) is 19.2 Å². The first-order valence-electron chi connectivity index (χ1n) is 6.28. The number of fused-ring (bicyclic) bond motifs is 1. The van der Waals surface area contributed by atoms with E-state index < -0.39 is 5.97 Å². The van der Waals surface area contributed by atoms with Gasteiger partial charge in [0.05, 0.1) is 13.0 Å². The van der Waals surface area contributed by atoms with Crippen molar-refractivity contribution in [3.8, 4) is 0 Å². The lowest BCUT2D eigenvalue weighted by molar-refractivity contribution is -0.143. The Hall–Kier alpha value is -2.37. The van der Waals surface area contributed by atoms with E-state index in [1.165, 1.54) is 12.1 Å². The number of esters is 1. The average molecular weight is 278 g/mol. The van der Waals surface area contributed by atoms with Crippen molar-refractivity contribution in [3.63, 3.8) is 0 Å². The van der Waals surface area contributed by atoms with Crippen LogP contribution in [-0.4, -0.2) is 30.0 Å². The number of aromatic amines is 1. The Morgan fingerprint density at radius 2 is 2.20 bits per heavy atom. The van der Waals surface area contributed by atoms with E-state index >= 15 is 0 Å². The highest BCUT2D eigenvalue weighted by Crippen LogP contribution is 2.19. The number of hydrogen-bond donors (Lipinski definition) is 2. The number of carbonyl (C=O) groups excluding carboxylic acids is 2. The maximum Gasteiger partial charge on any atom is 0.325 e. The second-order valence-corrected chi connectivity index (χ2v) is 4.26. The zero-order chi connectivity index (χ0) is 14.5. The number of hydrogen-bond acceptors (Lipinski definition) is 3. The highest BCUT2D eigenvalue weighted by Gasteiger charge is 2.10. The summed E-state index contributed by atoms with van der Waals surface area (Å²) in [7, 11) is 0. The summed E-state index contributed by atoms with van der Waals surface area (Å²) in [5, 5.41) is 3.27. The van der Waals surface area contributed by atoms with E-state index in [0.29, 0.717) is 5.52 Å². The third-order valence-electron chi connectivity index (χ3n) is 2.82. The van der Waals surface area contributed by atoms with Crippen LogP contribution < -0.4 is 5.32 Å². The van der Waals surface area contributed by atoms with E-state index in [4.69, 9.17) is 4.74 Å². The third kappa shape index (κ3) is 3.34. The van der Waals surface area contributed by atoms with Gasteiger partial charge in [-0.05, 0) is 30.7 Å². The molecule has 2 rings (SSSR count). The molecule has 0 aliphatic rings. The first kappa shape index (κ1) is 14.0. The molecular weight excluding hydrogens is 263 g/mol. The predicted octanol–water partition coefficient (Wildman–Crippen LogP) is 1.53. The van der Waals surface area contributed by atoms with Gasteiger partial charge in [-0.15, -0.1) is 0 Å². The highest BCUT2D eigenvalue weighted by atomic mass is 19.1. The fourth-order valence-corrected chi connectivity index (χ4v) is 1.92. The molecule has 0 radical (unpaired) electrons. The Morgan fingerprint density at radius 3 is 2.95 bits per heavy atom. The Morgan fingerprint density at radius 1 is 1.40 bits per heavy atom. The minimum atomic E-state index is -0.471. The molecule has 0 fully saturated rings. The van der Waals surface area contributed by atoms with Crippen molar-refractivity contribution < 1.29 is 18.7 Å². The number of ether oxygens (including phenoxy) is 1. The number of amides is 1. The van der Waals surface area contributed by atoms with Gasteiger partial charge in [-0.25, -0.2) is 4.39 Å². The molecule has 0 unspecified atom stereocenters. The summed E-state index contributed by atoms with van der Waals surface area (Å²) < 4.78 is 17.7. The molecule has 0 atom stereocenters. The molecule has 0 aliphatic carbocycles. The molecule has 2 N–H and O–H groups in total. The van der Waals surface area contributed by atoms with Crippen LogP contribution in [0.25, 0.3) is 10.9 Å². The van der Waals surface area contributed by atoms with E-state index in [2.05, 4.69) is 10.3 Å². The number of carbonyl (C=O) groups is 2. The summed E-state index contributed by atoms with van der Waals surface area (Å²) in [6, 6.07) is 4.33. The molecule has 20 heavy (non-hydrogen) atoms. The number of nitrogens with one attached hydrogen (secondary N) is 2. The normalized spacial score (nSPS) is 10.5. The van der Waals surface area contributed by atoms with Crippen molar-refractivity contribution in [2.24, 2.45) is 0 Å². The molecule has 106 valence electrons. The van der Waals surface area contributed by atoms with E-state index in [9.17, 15) is 14.0 Å². The lowest BCUT2D eigenvalue weighted by Crippen LogP contribution is -2.31. The van der Waals surface area contributed by atoms with E-state index in [0.717, 1.165) is 10.9 Å².